The van der Waals surface area contributed by atoms with Gasteiger partial charge in [0.05, 0.1) is 17.1 Å². The number of aromatic nitrogens is 4. The average molecular weight is 379 g/mol. The first-order valence-corrected chi connectivity index (χ1v) is 10.3. The highest BCUT2D eigenvalue weighted by atomic mass is 32.2. The van der Waals surface area contributed by atoms with Crippen LogP contribution in [0.15, 0.2) is 11.2 Å². The first-order valence-electron chi connectivity index (χ1n) is 8.85. The second-order valence-electron chi connectivity index (χ2n) is 7.07. The lowest BCUT2D eigenvalue weighted by Crippen LogP contribution is -2.22. The SMILES string of the molecule is Cc1nc(N2CCCC2)nc(C)c1NS(=O)(=O)c1cn(C)c(C(C)C)n1. The zero-order chi connectivity index (χ0) is 19.1. The molecule has 1 aliphatic heterocycles. The van der Waals surface area contributed by atoms with Gasteiger partial charge in [-0.2, -0.15) is 8.42 Å². The van der Waals surface area contributed by atoms with Crippen molar-refractivity contribution in [3.63, 3.8) is 0 Å². The summed E-state index contributed by atoms with van der Waals surface area (Å²) in [4.78, 5) is 15.4. The lowest BCUT2D eigenvalue weighted by atomic mass is 10.2. The van der Waals surface area contributed by atoms with E-state index in [1.807, 2.05) is 13.8 Å². The molecule has 0 bridgehead atoms. The van der Waals surface area contributed by atoms with Crippen LogP contribution in [0.2, 0.25) is 0 Å². The van der Waals surface area contributed by atoms with Gasteiger partial charge in [-0.3, -0.25) is 4.72 Å². The Morgan fingerprint density at radius 3 is 2.15 bits per heavy atom. The van der Waals surface area contributed by atoms with Crippen molar-refractivity contribution in [2.75, 3.05) is 22.7 Å². The highest BCUT2D eigenvalue weighted by Gasteiger charge is 2.24. The minimum Gasteiger partial charge on any atom is -0.341 e. The van der Waals surface area contributed by atoms with Gasteiger partial charge in [0.15, 0.2) is 5.03 Å². The second-order valence-corrected chi connectivity index (χ2v) is 8.70. The van der Waals surface area contributed by atoms with Crippen molar-refractivity contribution < 1.29 is 8.42 Å². The Labute approximate surface area is 154 Å². The first-order chi connectivity index (χ1) is 12.2. The monoisotopic (exact) mass is 378 g/mol. The number of nitrogens with one attached hydrogen (secondary N) is 1. The molecule has 0 aliphatic carbocycles. The Morgan fingerprint density at radius 1 is 1.08 bits per heavy atom. The number of imidazole rings is 1. The summed E-state index contributed by atoms with van der Waals surface area (Å²) in [6.45, 7) is 9.43. The van der Waals surface area contributed by atoms with Crippen molar-refractivity contribution in [3.8, 4) is 0 Å². The largest absolute Gasteiger partial charge is 0.341 e. The minimum absolute atomic E-state index is 0.00567. The molecule has 2 aromatic heterocycles. The molecule has 2 aromatic rings. The van der Waals surface area contributed by atoms with E-state index in [4.69, 9.17) is 0 Å². The maximum Gasteiger partial charge on any atom is 0.281 e. The van der Waals surface area contributed by atoms with E-state index in [2.05, 4.69) is 24.6 Å². The third kappa shape index (κ3) is 3.53. The quantitative estimate of drug-likeness (QED) is 0.858. The number of rotatable bonds is 5. The molecule has 1 N–H and O–H groups in total. The van der Waals surface area contributed by atoms with Gasteiger partial charge in [-0.05, 0) is 26.7 Å². The molecule has 3 rings (SSSR count). The topological polar surface area (TPSA) is 93.0 Å². The standard InChI is InChI=1S/C17H26N6O2S/c1-11(2)16-20-14(10-22(16)5)26(24,25)21-15-12(3)18-17(19-13(15)4)23-8-6-7-9-23/h10-11,21H,6-9H2,1-5H3. The van der Waals surface area contributed by atoms with Crippen molar-refractivity contribution >= 4 is 21.7 Å². The van der Waals surface area contributed by atoms with Gasteiger partial charge in [0.2, 0.25) is 5.95 Å². The van der Waals surface area contributed by atoms with Gasteiger partial charge in [-0.15, -0.1) is 0 Å². The first kappa shape index (κ1) is 18.6. The minimum atomic E-state index is -3.80. The van der Waals surface area contributed by atoms with E-state index in [0.717, 1.165) is 31.8 Å². The number of hydrogen-bond acceptors (Lipinski definition) is 6. The lowest BCUT2D eigenvalue weighted by molar-refractivity contribution is 0.597. The summed E-state index contributed by atoms with van der Waals surface area (Å²) in [6.07, 6.45) is 3.79. The van der Waals surface area contributed by atoms with Crippen molar-refractivity contribution in [2.45, 2.75) is 51.5 Å². The van der Waals surface area contributed by atoms with Crippen LogP contribution in [0.25, 0.3) is 0 Å². The number of sulfonamides is 1. The Balaban J connectivity index is 1.91. The van der Waals surface area contributed by atoms with Gasteiger partial charge in [-0.1, -0.05) is 13.8 Å². The Kier molecular flexibility index (Phi) is 4.92. The van der Waals surface area contributed by atoms with Crippen LogP contribution in [-0.2, 0) is 17.1 Å². The summed E-state index contributed by atoms with van der Waals surface area (Å²) in [5.41, 5.74) is 1.65. The van der Waals surface area contributed by atoms with Crippen LogP contribution in [0.4, 0.5) is 11.6 Å². The van der Waals surface area contributed by atoms with E-state index in [1.165, 1.54) is 6.20 Å². The molecular weight excluding hydrogens is 352 g/mol. The zero-order valence-corrected chi connectivity index (χ0v) is 16.8. The molecule has 142 valence electrons. The highest BCUT2D eigenvalue weighted by molar-refractivity contribution is 7.92. The summed E-state index contributed by atoms with van der Waals surface area (Å²) >= 11 is 0. The zero-order valence-electron chi connectivity index (χ0n) is 15.9. The number of anilines is 2. The third-order valence-corrected chi connectivity index (χ3v) is 5.79. The van der Waals surface area contributed by atoms with Crippen LogP contribution in [-0.4, -0.2) is 41.0 Å². The van der Waals surface area contributed by atoms with Crippen LogP contribution < -0.4 is 9.62 Å². The fourth-order valence-electron chi connectivity index (χ4n) is 3.21. The van der Waals surface area contributed by atoms with Gasteiger partial charge >= 0.3 is 0 Å². The van der Waals surface area contributed by atoms with Crippen molar-refractivity contribution in [2.24, 2.45) is 7.05 Å². The molecule has 0 spiro atoms. The van der Waals surface area contributed by atoms with Crippen molar-refractivity contribution in [1.29, 1.82) is 0 Å². The van der Waals surface area contributed by atoms with Crippen LogP contribution in [0.1, 0.15) is 49.8 Å². The molecule has 0 atom stereocenters. The molecule has 9 heteroatoms. The molecule has 0 unspecified atom stereocenters. The molecule has 0 amide bonds. The van der Waals surface area contributed by atoms with E-state index in [-0.39, 0.29) is 10.9 Å². The summed E-state index contributed by atoms with van der Waals surface area (Å²) in [5.74, 6) is 1.52. The maximum absolute atomic E-state index is 12.8. The normalized spacial score (nSPS) is 15.1. The molecule has 8 nitrogen and oxygen atoms in total. The Hall–Kier alpha value is -2.16. The smallest absolute Gasteiger partial charge is 0.281 e. The highest BCUT2D eigenvalue weighted by Crippen LogP contribution is 2.25. The predicted molar refractivity (Wildman–Crippen MR) is 101 cm³/mol. The molecule has 0 saturated carbocycles. The molecular formula is C17H26N6O2S. The molecule has 26 heavy (non-hydrogen) atoms. The van der Waals surface area contributed by atoms with Crippen LogP contribution in [0.5, 0.6) is 0 Å². The summed E-state index contributed by atoms with van der Waals surface area (Å²) in [5, 5.41) is 0.00567. The molecule has 3 heterocycles. The van der Waals surface area contributed by atoms with Gasteiger partial charge in [0.25, 0.3) is 10.0 Å². The Morgan fingerprint density at radius 2 is 1.65 bits per heavy atom. The number of aryl methyl sites for hydroxylation is 3. The lowest BCUT2D eigenvalue weighted by Gasteiger charge is -2.18. The van der Waals surface area contributed by atoms with Crippen molar-refractivity contribution in [1.82, 2.24) is 19.5 Å². The summed E-state index contributed by atoms with van der Waals surface area (Å²) in [6, 6.07) is 0. The predicted octanol–water partition coefficient (Wildman–Crippen LogP) is 2.35. The number of nitrogens with zero attached hydrogens (tertiary/aromatic N) is 5. The summed E-state index contributed by atoms with van der Waals surface area (Å²) < 4.78 is 29.9. The van der Waals surface area contributed by atoms with Gasteiger partial charge < -0.3 is 9.47 Å². The number of hydrogen-bond donors (Lipinski definition) is 1. The molecule has 0 aromatic carbocycles. The van der Waals surface area contributed by atoms with Crippen LogP contribution in [0.3, 0.4) is 0 Å². The van der Waals surface area contributed by atoms with Gasteiger partial charge in [0, 0.05) is 32.3 Å². The molecule has 1 aliphatic rings. The molecule has 1 fully saturated rings. The Bertz CT molecular complexity index is 890. The van der Waals surface area contributed by atoms with E-state index < -0.39 is 10.0 Å². The maximum atomic E-state index is 12.8. The fourth-order valence-corrected chi connectivity index (χ4v) is 4.39. The van der Waals surface area contributed by atoms with E-state index in [0.29, 0.717) is 23.0 Å². The second kappa shape index (κ2) is 6.86. The fraction of sp³-hybridized carbons (Fsp3) is 0.588. The molecule has 1 saturated heterocycles. The summed E-state index contributed by atoms with van der Waals surface area (Å²) in [7, 11) is -2.00. The van der Waals surface area contributed by atoms with Crippen molar-refractivity contribution in [3.05, 3.63) is 23.4 Å². The van der Waals surface area contributed by atoms with E-state index in [9.17, 15) is 8.42 Å². The van der Waals surface area contributed by atoms with E-state index >= 15 is 0 Å². The van der Waals surface area contributed by atoms with Gasteiger partial charge in [0.1, 0.15) is 5.82 Å². The van der Waals surface area contributed by atoms with Crippen LogP contribution in [0, 0.1) is 13.8 Å². The van der Waals surface area contributed by atoms with Gasteiger partial charge in [-0.25, -0.2) is 15.0 Å². The molecule has 0 radical (unpaired) electrons. The van der Waals surface area contributed by atoms with E-state index in [1.54, 1.807) is 25.5 Å². The third-order valence-electron chi connectivity index (χ3n) is 4.57. The average Bonchev–Trinajstić information content (AvgIpc) is 3.20. The van der Waals surface area contributed by atoms with Crippen LogP contribution >= 0.6 is 0 Å².